The highest BCUT2D eigenvalue weighted by Crippen LogP contribution is 2.11. The number of hydrogen-bond donors (Lipinski definition) is 4. The monoisotopic (exact) mass is 381 g/mol. The molecule has 1 aromatic rings. The number of nitrogens with one attached hydrogen (secondary N) is 2. The Morgan fingerprint density at radius 3 is 2.58 bits per heavy atom. The fourth-order valence-electron chi connectivity index (χ4n) is 2.32. The van der Waals surface area contributed by atoms with E-state index in [1.54, 1.807) is 17.5 Å². The molecule has 144 valence electrons. The lowest BCUT2D eigenvalue weighted by molar-refractivity contribution is -0.126. The van der Waals surface area contributed by atoms with Gasteiger partial charge in [-0.3, -0.25) is 14.6 Å². The third-order valence-corrected chi connectivity index (χ3v) is 4.40. The summed E-state index contributed by atoms with van der Waals surface area (Å²) in [5, 5.41) is 7.23. The van der Waals surface area contributed by atoms with Crippen LogP contribution in [0.25, 0.3) is 0 Å². The molecule has 0 bridgehead atoms. The summed E-state index contributed by atoms with van der Waals surface area (Å²) in [5.41, 5.74) is 10.5. The van der Waals surface area contributed by atoms with E-state index in [1.165, 1.54) is 11.3 Å². The predicted molar refractivity (Wildman–Crippen MR) is 103 cm³/mol. The van der Waals surface area contributed by atoms with Crippen LogP contribution >= 0.6 is 11.3 Å². The lowest BCUT2D eigenvalue weighted by Crippen LogP contribution is -2.50. The maximum atomic E-state index is 12.5. The number of amides is 2. The van der Waals surface area contributed by atoms with Crippen LogP contribution in [0, 0.1) is 5.92 Å². The number of carbonyl (C=O) groups is 3. The second kappa shape index (κ2) is 11.2. The molecule has 0 spiro atoms. The molecule has 0 aliphatic rings. The molecule has 1 rings (SSSR count). The molecule has 0 saturated carbocycles. The second-order valence-electron chi connectivity index (χ2n) is 6.33. The van der Waals surface area contributed by atoms with Gasteiger partial charge in [-0.1, -0.05) is 19.9 Å². The van der Waals surface area contributed by atoms with E-state index >= 15 is 0 Å². The minimum Gasteiger partial charge on any atom is -0.370 e. The van der Waals surface area contributed by atoms with E-state index in [4.69, 9.17) is 11.5 Å². The fraction of sp³-hybridized carbons (Fsp3) is 0.529. The van der Waals surface area contributed by atoms with Crippen molar-refractivity contribution in [2.24, 2.45) is 22.4 Å². The molecule has 0 aliphatic carbocycles. The van der Waals surface area contributed by atoms with Crippen molar-refractivity contribution in [1.82, 2.24) is 10.6 Å². The summed E-state index contributed by atoms with van der Waals surface area (Å²) < 4.78 is 0. The van der Waals surface area contributed by atoms with Crippen LogP contribution in [0.4, 0.5) is 0 Å². The van der Waals surface area contributed by atoms with E-state index in [1.807, 2.05) is 13.8 Å². The predicted octanol–water partition coefficient (Wildman–Crippen LogP) is 0.630. The van der Waals surface area contributed by atoms with Crippen LogP contribution in [0.2, 0.25) is 0 Å². The first kappa shape index (κ1) is 21.6. The molecular formula is C17H27N5O3S. The van der Waals surface area contributed by atoms with Gasteiger partial charge in [0.15, 0.2) is 5.96 Å². The minimum atomic E-state index is -0.704. The summed E-state index contributed by atoms with van der Waals surface area (Å²) in [6.45, 7) is 4.31. The summed E-state index contributed by atoms with van der Waals surface area (Å²) in [7, 11) is 0. The van der Waals surface area contributed by atoms with E-state index in [-0.39, 0.29) is 23.7 Å². The zero-order valence-electron chi connectivity index (χ0n) is 15.1. The Morgan fingerprint density at radius 1 is 1.31 bits per heavy atom. The van der Waals surface area contributed by atoms with Gasteiger partial charge >= 0.3 is 0 Å². The number of nitrogens with two attached hydrogens (primary N) is 2. The van der Waals surface area contributed by atoms with E-state index < -0.39 is 12.1 Å². The van der Waals surface area contributed by atoms with Crippen LogP contribution in [0.1, 0.15) is 42.8 Å². The number of thiophene rings is 1. The third-order valence-electron chi connectivity index (χ3n) is 3.53. The van der Waals surface area contributed by atoms with Crippen LogP contribution in [0.3, 0.4) is 0 Å². The van der Waals surface area contributed by atoms with E-state index in [9.17, 15) is 14.4 Å². The average molecular weight is 382 g/mol. The van der Waals surface area contributed by atoms with Gasteiger partial charge in [0, 0.05) is 6.54 Å². The highest BCUT2D eigenvalue weighted by molar-refractivity contribution is 7.12. The topological polar surface area (TPSA) is 140 Å². The molecule has 1 heterocycles. The molecule has 6 N–H and O–H groups in total. The number of aldehydes is 1. The number of nitrogens with zero attached hydrogens (tertiary/aromatic N) is 1. The molecule has 26 heavy (non-hydrogen) atoms. The van der Waals surface area contributed by atoms with Gasteiger partial charge in [-0.2, -0.15) is 0 Å². The SMILES string of the molecule is CC(C)C[C@H](NC(=O)c1cccs1)C(=O)N[C@H](C=O)CCCN=C(N)N. The van der Waals surface area contributed by atoms with E-state index in [0.29, 0.717) is 37.0 Å². The Balaban J connectivity index is 2.64. The molecule has 0 aromatic carbocycles. The zero-order valence-corrected chi connectivity index (χ0v) is 15.9. The summed E-state index contributed by atoms with van der Waals surface area (Å²) >= 11 is 1.31. The first-order valence-electron chi connectivity index (χ1n) is 8.49. The van der Waals surface area contributed by atoms with E-state index in [0.717, 1.165) is 0 Å². The number of hydrogen-bond acceptors (Lipinski definition) is 5. The smallest absolute Gasteiger partial charge is 0.261 e. The van der Waals surface area contributed by atoms with Crippen molar-refractivity contribution in [3.8, 4) is 0 Å². The fourth-order valence-corrected chi connectivity index (χ4v) is 2.94. The number of aliphatic imine (C=N–C) groups is 1. The Hall–Kier alpha value is -2.42. The van der Waals surface area contributed by atoms with Gasteiger partial charge in [0.2, 0.25) is 5.91 Å². The molecule has 0 radical (unpaired) electrons. The normalized spacial score (nSPS) is 12.9. The molecule has 2 amide bonds. The largest absolute Gasteiger partial charge is 0.370 e. The quantitative estimate of drug-likeness (QED) is 0.193. The Labute approximate surface area is 157 Å². The third kappa shape index (κ3) is 8.11. The standard InChI is InChI=1S/C17H27N5O3S/c1-11(2)9-13(22-16(25)14-6-4-8-26-14)15(24)21-12(10-23)5-3-7-20-17(18)19/h4,6,8,10-13H,3,5,7,9H2,1-2H3,(H,21,24)(H,22,25)(H4,18,19,20)/t12-,13-/m0/s1. The van der Waals surface area contributed by atoms with Crippen molar-refractivity contribution in [2.75, 3.05) is 6.54 Å². The van der Waals surface area contributed by atoms with Crippen LogP contribution in [-0.4, -0.2) is 42.7 Å². The molecule has 2 atom stereocenters. The van der Waals surface area contributed by atoms with Gasteiger partial charge in [0.1, 0.15) is 12.3 Å². The first-order valence-corrected chi connectivity index (χ1v) is 9.36. The minimum absolute atomic E-state index is 0.00928. The van der Waals surface area contributed by atoms with Crippen LogP contribution in [0.5, 0.6) is 0 Å². The molecule has 0 unspecified atom stereocenters. The molecule has 9 heteroatoms. The Morgan fingerprint density at radius 2 is 2.04 bits per heavy atom. The summed E-state index contributed by atoms with van der Waals surface area (Å²) in [6.07, 6.45) is 2.13. The highest BCUT2D eigenvalue weighted by Gasteiger charge is 2.24. The van der Waals surface area contributed by atoms with Gasteiger partial charge in [-0.15, -0.1) is 11.3 Å². The molecular weight excluding hydrogens is 354 g/mol. The van der Waals surface area contributed by atoms with Crippen LogP contribution in [-0.2, 0) is 9.59 Å². The maximum Gasteiger partial charge on any atom is 0.261 e. The maximum absolute atomic E-state index is 12.5. The summed E-state index contributed by atoms with van der Waals surface area (Å²) in [4.78, 5) is 40.4. The molecule has 0 aliphatic heterocycles. The Kier molecular flexibility index (Phi) is 9.35. The lowest BCUT2D eigenvalue weighted by Gasteiger charge is -2.22. The Bertz CT molecular complexity index is 612. The number of rotatable bonds is 11. The molecule has 0 saturated heterocycles. The second-order valence-corrected chi connectivity index (χ2v) is 7.28. The van der Waals surface area contributed by atoms with Crippen molar-refractivity contribution in [3.05, 3.63) is 22.4 Å². The van der Waals surface area contributed by atoms with Crippen LogP contribution < -0.4 is 22.1 Å². The van der Waals surface area contributed by atoms with Crippen molar-refractivity contribution in [3.63, 3.8) is 0 Å². The first-order chi connectivity index (χ1) is 12.3. The number of carbonyl (C=O) groups excluding carboxylic acids is 3. The zero-order chi connectivity index (χ0) is 19.5. The lowest BCUT2D eigenvalue weighted by atomic mass is 10.0. The molecule has 8 nitrogen and oxygen atoms in total. The van der Waals surface area contributed by atoms with Gasteiger partial charge in [-0.25, -0.2) is 0 Å². The summed E-state index contributed by atoms with van der Waals surface area (Å²) in [6, 6.07) is 2.12. The van der Waals surface area contributed by atoms with Crippen molar-refractivity contribution in [2.45, 2.75) is 45.2 Å². The van der Waals surface area contributed by atoms with Gasteiger partial charge < -0.3 is 26.9 Å². The van der Waals surface area contributed by atoms with Crippen molar-refractivity contribution in [1.29, 1.82) is 0 Å². The molecule has 0 fully saturated rings. The summed E-state index contributed by atoms with van der Waals surface area (Å²) in [5.74, 6) is -0.477. The number of guanidine groups is 1. The van der Waals surface area contributed by atoms with Crippen LogP contribution in [0.15, 0.2) is 22.5 Å². The highest BCUT2D eigenvalue weighted by atomic mass is 32.1. The van der Waals surface area contributed by atoms with Gasteiger partial charge in [0.25, 0.3) is 5.91 Å². The molecule has 1 aromatic heterocycles. The van der Waals surface area contributed by atoms with E-state index in [2.05, 4.69) is 15.6 Å². The van der Waals surface area contributed by atoms with Gasteiger partial charge in [-0.05, 0) is 36.6 Å². The van der Waals surface area contributed by atoms with Crippen molar-refractivity contribution >= 4 is 35.4 Å². The average Bonchev–Trinajstić information content (AvgIpc) is 3.10. The van der Waals surface area contributed by atoms with Crippen molar-refractivity contribution < 1.29 is 14.4 Å². The van der Waals surface area contributed by atoms with Gasteiger partial charge in [0.05, 0.1) is 10.9 Å².